The number of aromatic amines is 1. The molecule has 154 valence electrons. The molecule has 1 aliphatic rings. The monoisotopic (exact) mass is 408 g/mol. The molecular weight excluding hydrogens is 387 g/mol. The Morgan fingerprint density at radius 1 is 1.27 bits per heavy atom. The molecule has 0 bridgehead atoms. The van der Waals surface area contributed by atoms with Crippen molar-refractivity contribution in [2.24, 2.45) is 0 Å². The average Bonchev–Trinajstić information content (AvgIpc) is 3.25. The van der Waals surface area contributed by atoms with Crippen LogP contribution in [0.2, 0.25) is 0 Å². The van der Waals surface area contributed by atoms with Crippen LogP contribution in [0.25, 0.3) is 11.5 Å². The standard InChI is InChI=1S/C22H21FN4O3/c1-14(30-19-8-3-2-6-16(19)23)22(29)27-11-9-15(13-27)18-12-20(28)26-21(25-18)17-7-4-5-10-24-17/h2-8,10,12,14-15H,9,11,13H2,1H3,(H,25,26,28)/t14-,15+/m0/s1. The van der Waals surface area contributed by atoms with Crippen LogP contribution in [0.5, 0.6) is 5.75 Å². The molecule has 30 heavy (non-hydrogen) atoms. The van der Waals surface area contributed by atoms with E-state index >= 15 is 0 Å². The number of aromatic nitrogens is 3. The van der Waals surface area contributed by atoms with E-state index < -0.39 is 11.9 Å². The fraction of sp³-hybridized carbons (Fsp3) is 0.273. The quantitative estimate of drug-likeness (QED) is 0.701. The average molecular weight is 408 g/mol. The zero-order valence-corrected chi connectivity index (χ0v) is 16.4. The van der Waals surface area contributed by atoms with E-state index in [1.165, 1.54) is 18.2 Å². The van der Waals surface area contributed by atoms with E-state index in [9.17, 15) is 14.0 Å². The zero-order valence-electron chi connectivity index (χ0n) is 16.4. The van der Waals surface area contributed by atoms with Gasteiger partial charge in [-0.25, -0.2) is 9.37 Å². The van der Waals surface area contributed by atoms with E-state index in [-0.39, 0.29) is 23.1 Å². The smallest absolute Gasteiger partial charge is 0.263 e. The van der Waals surface area contributed by atoms with Crippen LogP contribution < -0.4 is 10.3 Å². The molecule has 0 spiro atoms. The molecule has 1 amide bonds. The van der Waals surface area contributed by atoms with Crippen molar-refractivity contribution in [3.05, 3.63) is 76.6 Å². The van der Waals surface area contributed by atoms with Crippen LogP contribution in [-0.4, -0.2) is 45.0 Å². The second-order valence-electron chi connectivity index (χ2n) is 7.19. The lowest BCUT2D eigenvalue weighted by molar-refractivity contribution is -0.136. The first-order valence-corrected chi connectivity index (χ1v) is 9.74. The van der Waals surface area contributed by atoms with E-state index in [1.54, 1.807) is 42.3 Å². The Labute approximate surface area is 172 Å². The molecule has 0 unspecified atom stereocenters. The molecule has 2 aromatic heterocycles. The largest absolute Gasteiger partial charge is 0.478 e. The van der Waals surface area contributed by atoms with Gasteiger partial charge in [-0.3, -0.25) is 14.6 Å². The lowest BCUT2D eigenvalue weighted by Crippen LogP contribution is -2.39. The van der Waals surface area contributed by atoms with E-state index in [0.717, 1.165) is 0 Å². The summed E-state index contributed by atoms with van der Waals surface area (Å²) in [6, 6.07) is 12.8. The summed E-state index contributed by atoms with van der Waals surface area (Å²) in [6.07, 6.45) is 1.49. The molecular formula is C22H21FN4O3. The Bertz CT molecular complexity index is 1100. The third kappa shape index (κ3) is 4.22. The van der Waals surface area contributed by atoms with Gasteiger partial charge >= 0.3 is 0 Å². The third-order valence-electron chi connectivity index (χ3n) is 5.08. The number of hydrogen-bond acceptors (Lipinski definition) is 5. The van der Waals surface area contributed by atoms with Crippen LogP contribution in [-0.2, 0) is 4.79 Å². The highest BCUT2D eigenvalue weighted by Gasteiger charge is 2.32. The number of ether oxygens (including phenoxy) is 1. The van der Waals surface area contributed by atoms with Crippen LogP contribution in [0, 0.1) is 5.82 Å². The number of halogens is 1. The minimum atomic E-state index is -0.822. The second-order valence-corrected chi connectivity index (χ2v) is 7.19. The summed E-state index contributed by atoms with van der Waals surface area (Å²) in [4.78, 5) is 38.1. The number of nitrogens with one attached hydrogen (secondary N) is 1. The van der Waals surface area contributed by atoms with Gasteiger partial charge in [-0.15, -0.1) is 0 Å². The van der Waals surface area contributed by atoms with Crippen molar-refractivity contribution in [2.75, 3.05) is 13.1 Å². The molecule has 0 saturated carbocycles. The number of rotatable bonds is 5. The van der Waals surface area contributed by atoms with Crippen molar-refractivity contribution in [2.45, 2.75) is 25.4 Å². The summed E-state index contributed by atoms with van der Waals surface area (Å²) < 4.78 is 19.3. The fourth-order valence-corrected chi connectivity index (χ4v) is 3.55. The number of nitrogens with zero attached hydrogens (tertiary/aromatic N) is 3. The van der Waals surface area contributed by atoms with Crippen LogP contribution in [0.3, 0.4) is 0 Å². The maximum Gasteiger partial charge on any atom is 0.263 e. The first kappa shape index (κ1) is 19.8. The van der Waals surface area contributed by atoms with Crippen molar-refractivity contribution >= 4 is 5.91 Å². The minimum Gasteiger partial charge on any atom is -0.478 e. The van der Waals surface area contributed by atoms with Crippen LogP contribution in [0.4, 0.5) is 4.39 Å². The number of amides is 1. The molecule has 7 nitrogen and oxygen atoms in total. The molecule has 4 rings (SSSR count). The van der Waals surface area contributed by atoms with E-state index in [2.05, 4.69) is 15.0 Å². The predicted molar refractivity (Wildman–Crippen MR) is 109 cm³/mol. The third-order valence-corrected chi connectivity index (χ3v) is 5.08. The number of carbonyl (C=O) groups excluding carboxylic acids is 1. The highest BCUT2D eigenvalue weighted by atomic mass is 19.1. The summed E-state index contributed by atoms with van der Waals surface area (Å²) in [5.41, 5.74) is 0.938. The number of H-pyrrole nitrogens is 1. The Morgan fingerprint density at radius 3 is 2.83 bits per heavy atom. The summed E-state index contributed by atoms with van der Waals surface area (Å²) in [6.45, 7) is 2.54. The molecule has 2 atom stereocenters. The van der Waals surface area contributed by atoms with Crippen molar-refractivity contribution in [3.63, 3.8) is 0 Å². The molecule has 1 aliphatic heterocycles. The summed E-state index contributed by atoms with van der Waals surface area (Å²) in [5.74, 6) is -0.356. The maximum atomic E-state index is 13.8. The van der Waals surface area contributed by atoms with Gasteiger partial charge in [0, 0.05) is 31.3 Å². The number of para-hydroxylation sites is 1. The van der Waals surface area contributed by atoms with Gasteiger partial charge in [0.1, 0.15) is 5.69 Å². The molecule has 1 saturated heterocycles. The van der Waals surface area contributed by atoms with Crippen molar-refractivity contribution in [1.82, 2.24) is 19.9 Å². The summed E-state index contributed by atoms with van der Waals surface area (Å²) in [5, 5.41) is 0. The topological polar surface area (TPSA) is 88.2 Å². The molecule has 1 fully saturated rings. The van der Waals surface area contributed by atoms with E-state index in [4.69, 9.17) is 4.74 Å². The van der Waals surface area contributed by atoms with Crippen LogP contribution in [0.1, 0.15) is 25.0 Å². The Kier molecular flexibility index (Phi) is 5.56. The van der Waals surface area contributed by atoms with Crippen LogP contribution >= 0.6 is 0 Å². The molecule has 1 N–H and O–H groups in total. The second kappa shape index (κ2) is 8.44. The number of pyridine rings is 1. The Hall–Kier alpha value is -3.55. The highest BCUT2D eigenvalue weighted by Crippen LogP contribution is 2.27. The summed E-state index contributed by atoms with van der Waals surface area (Å²) >= 11 is 0. The van der Waals surface area contributed by atoms with Gasteiger partial charge in [0.2, 0.25) is 0 Å². The van der Waals surface area contributed by atoms with Crippen molar-refractivity contribution in [1.29, 1.82) is 0 Å². The van der Waals surface area contributed by atoms with Gasteiger partial charge in [-0.05, 0) is 37.6 Å². The summed E-state index contributed by atoms with van der Waals surface area (Å²) in [7, 11) is 0. The molecule has 0 radical (unpaired) electrons. The molecule has 3 heterocycles. The number of likely N-dealkylation sites (tertiary alicyclic amines) is 1. The van der Waals surface area contributed by atoms with Gasteiger partial charge in [-0.2, -0.15) is 0 Å². The highest BCUT2D eigenvalue weighted by molar-refractivity contribution is 5.81. The van der Waals surface area contributed by atoms with Gasteiger partial charge in [0.25, 0.3) is 11.5 Å². The lowest BCUT2D eigenvalue weighted by Gasteiger charge is -2.22. The van der Waals surface area contributed by atoms with Gasteiger partial charge in [0.05, 0.1) is 5.69 Å². The van der Waals surface area contributed by atoms with Crippen molar-refractivity contribution < 1.29 is 13.9 Å². The molecule has 1 aromatic carbocycles. The Balaban J connectivity index is 1.47. The predicted octanol–water partition coefficient (Wildman–Crippen LogP) is 2.75. The van der Waals surface area contributed by atoms with Gasteiger partial charge in [-0.1, -0.05) is 18.2 Å². The first-order chi connectivity index (χ1) is 14.5. The molecule has 8 heteroatoms. The maximum absolute atomic E-state index is 13.8. The first-order valence-electron chi connectivity index (χ1n) is 9.74. The number of hydrogen-bond donors (Lipinski definition) is 1. The van der Waals surface area contributed by atoms with E-state index in [0.29, 0.717) is 36.7 Å². The van der Waals surface area contributed by atoms with Gasteiger partial charge < -0.3 is 14.6 Å². The van der Waals surface area contributed by atoms with Gasteiger partial charge in [0.15, 0.2) is 23.5 Å². The normalized spacial score (nSPS) is 17.0. The zero-order chi connectivity index (χ0) is 21.1. The Morgan fingerprint density at radius 2 is 2.07 bits per heavy atom. The number of benzene rings is 1. The van der Waals surface area contributed by atoms with Crippen molar-refractivity contribution in [3.8, 4) is 17.3 Å². The fourth-order valence-electron chi connectivity index (χ4n) is 3.55. The lowest BCUT2D eigenvalue weighted by atomic mass is 10.0. The number of carbonyl (C=O) groups is 1. The van der Waals surface area contributed by atoms with Crippen LogP contribution in [0.15, 0.2) is 59.5 Å². The molecule has 3 aromatic rings. The van der Waals surface area contributed by atoms with E-state index in [1.807, 2.05) is 6.07 Å². The minimum absolute atomic E-state index is 0.0466. The SMILES string of the molecule is C[C@H](Oc1ccccc1F)C(=O)N1CC[C@@H](c2cc(=O)[nH]c(-c3ccccn3)n2)C1. The molecule has 0 aliphatic carbocycles.